The molecule has 0 spiro atoms. The fourth-order valence-corrected chi connectivity index (χ4v) is 1.77. The van der Waals surface area contributed by atoms with Gasteiger partial charge < -0.3 is 10.4 Å². The van der Waals surface area contributed by atoms with E-state index in [9.17, 15) is 4.79 Å². The lowest BCUT2D eigenvalue weighted by Gasteiger charge is -2.14. The van der Waals surface area contributed by atoms with Crippen LogP contribution < -0.4 is 10.8 Å². The lowest BCUT2D eigenvalue weighted by Crippen LogP contribution is -2.39. The second-order valence-corrected chi connectivity index (χ2v) is 4.45. The normalized spacial score (nSPS) is 18.4. The molecule has 3 N–H and O–H groups in total. The quantitative estimate of drug-likeness (QED) is 0.600. The average Bonchev–Trinajstić information content (AvgIpc) is 2.77. The van der Waals surface area contributed by atoms with E-state index < -0.39 is 0 Å². The molecule has 0 aromatic carbocycles. The molecule has 2 amide bonds. The number of carbonyl (C=O) groups excluding carboxylic acids is 1. The summed E-state index contributed by atoms with van der Waals surface area (Å²) in [5.41, 5.74) is 2.41. The topological polar surface area (TPSA) is 70.6 Å². The van der Waals surface area contributed by atoms with Gasteiger partial charge in [-0.2, -0.15) is 0 Å². The van der Waals surface area contributed by atoms with Crippen molar-refractivity contribution in [2.24, 2.45) is 5.92 Å². The lowest BCUT2D eigenvalue weighted by molar-refractivity contribution is 0.0000273. The van der Waals surface area contributed by atoms with Crippen molar-refractivity contribution in [3.63, 3.8) is 0 Å². The minimum absolute atomic E-state index is 0.156. The van der Waals surface area contributed by atoms with E-state index >= 15 is 0 Å². The molecule has 0 radical (unpaired) electrons. The molecule has 1 fully saturated rings. The van der Waals surface area contributed by atoms with E-state index in [0.717, 1.165) is 12.8 Å². The Labute approximate surface area is 96.5 Å². The first-order valence-electron chi connectivity index (χ1n) is 6.02. The molecule has 0 bridgehead atoms. The minimum atomic E-state index is -0.295. The summed E-state index contributed by atoms with van der Waals surface area (Å²) >= 11 is 0. The number of amides is 2. The van der Waals surface area contributed by atoms with Crippen molar-refractivity contribution in [3.8, 4) is 0 Å². The first kappa shape index (κ1) is 13.3. The van der Waals surface area contributed by atoms with E-state index in [1.165, 1.54) is 12.8 Å². The van der Waals surface area contributed by atoms with E-state index in [2.05, 4.69) is 10.8 Å². The zero-order chi connectivity index (χ0) is 11.8. The van der Waals surface area contributed by atoms with Crippen LogP contribution in [0, 0.1) is 5.92 Å². The number of nitrogens with one attached hydrogen (secondary N) is 2. The van der Waals surface area contributed by atoms with Gasteiger partial charge in [0, 0.05) is 13.2 Å². The Balaban J connectivity index is 2.01. The fourth-order valence-electron chi connectivity index (χ4n) is 1.77. The maximum absolute atomic E-state index is 11.3. The van der Waals surface area contributed by atoms with E-state index in [1.807, 2.05) is 6.92 Å². The molecule has 16 heavy (non-hydrogen) atoms. The molecule has 1 atom stereocenters. The van der Waals surface area contributed by atoms with Crippen LogP contribution in [0.5, 0.6) is 0 Å². The third-order valence-corrected chi connectivity index (χ3v) is 2.85. The van der Waals surface area contributed by atoms with Crippen molar-refractivity contribution in [2.45, 2.75) is 45.1 Å². The highest BCUT2D eigenvalue weighted by atomic mass is 16.7. The molecule has 0 aromatic heterocycles. The van der Waals surface area contributed by atoms with Gasteiger partial charge in [-0.15, -0.1) is 0 Å². The number of hydrogen-bond donors (Lipinski definition) is 3. The Morgan fingerprint density at radius 1 is 1.50 bits per heavy atom. The smallest absolute Gasteiger partial charge is 0.338 e. The highest BCUT2D eigenvalue weighted by Gasteiger charge is 2.16. The third-order valence-electron chi connectivity index (χ3n) is 2.85. The van der Waals surface area contributed by atoms with Crippen LogP contribution in [-0.4, -0.2) is 30.4 Å². The standard InChI is InChI=1S/C11H22N2O3/c1-9(6-7-14)8-12-11(15)13-16-10-4-2-3-5-10/h9-10,14H,2-8H2,1H3,(H2,12,13,15). The molecule has 0 aromatic rings. The lowest BCUT2D eigenvalue weighted by atomic mass is 10.1. The Hall–Kier alpha value is -0.810. The van der Waals surface area contributed by atoms with E-state index in [-0.39, 0.29) is 24.7 Å². The maximum Gasteiger partial charge on any atom is 0.338 e. The molecule has 1 saturated carbocycles. The highest BCUT2D eigenvalue weighted by molar-refractivity contribution is 5.72. The van der Waals surface area contributed by atoms with Crippen molar-refractivity contribution < 1.29 is 14.7 Å². The molecular weight excluding hydrogens is 208 g/mol. The van der Waals surface area contributed by atoms with E-state index in [4.69, 9.17) is 9.94 Å². The van der Waals surface area contributed by atoms with Gasteiger partial charge in [0.2, 0.25) is 0 Å². The maximum atomic E-state index is 11.3. The number of aliphatic hydroxyl groups is 1. The summed E-state index contributed by atoms with van der Waals surface area (Å²) in [5, 5.41) is 11.4. The Morgan fingerprint density at radius 3 is 2.81 bits per heavy atom. The minimum Gasteiger partial charge on any atom is -0.396 e. The van der Waals surface area contributed by atoms with Crippen molar-refractivity contribution in [2.75, 3.05) is 13.2 Å². The number of hydrogen-bond acceptors (Lipinski definition) is 3. The van der Waals surface area contributed by atoms with Crippen molar-refractivity contribution in [3.05, 3.63) is 0 Å². The second-order valence-electron chi connectivity index (χ2n) is 4.45. The van der Waals surface area contributed by atoms with Crippen LogP contribution in [0.25, 0.3) is 0 Å². The first-order chi connectivity index (χ1) is 7.72. The van der Waals surface area contributed by atoms with Crippen LogP contribution in [0.3, 0.4) is 0 Å². The van der Waals surface area contributed by atoms with Gasteiger partial charge in [0.1, 0.15) is 0 Å². The molecule has 0 heterocycles. The summed E-state index contributed by atoms with van der Waals surface area (Å²) in [6, 6.07) is -0.295. The predicted octanol–water partition coefficient (Wildman–Crippen LogP) is 1.18. The van der Waals surface area contributed by atoms with Gasteiger partial charge in [0.05, 0.1) is 6.10 Å². The van der Waals surface area contributed by atoms with Crippen LogP contribution in [0.1, 0.15) is 39.0 Å². The fraction of sp³-hybridized carbons (Fsp3) is 0.909. The van der Waals surface area contributed by atoms with Gasteiger partial charge in [0.25, 0.3) is 0 Å². The van der Waals surface area contributed by atoms with Crippen molar-refractivity contribution in [1.82, 2.24) is 10.8 Å². The van der Waals surface area contributed by atoms with Gasteiger partial charge in [-0.05, 0) is 25.2 Å². The highest BCUT2D eigenvalue weighted by Crippen LogP contribution is 2.19. The molecule has 1 unspecified atom stereocenters. The summed E-state index contributed by atoms with van der Waals surface area (Å²) in [6.45, 7) is 2.69. The first-order valence-corrected chi connectivity index (χ1v) is 6.02. The Bertz CT molecular complexity index is 205. The summed E-state index contributed by atoms with van der Waals surface area (Å²) in [4.78, 5) is 16.5. The molecule has 1 rings (SSSR count). The Morgan fingerprint density at radius 2 is 2.19 bits per heavy atom. The van der Waals surface area contributed by atoms with Gasteiger partial charge in [-0.1, -0.05) is 19.8 Å². The molecule has 5 heteroatoms. The summed E-state index contributed by atoms with van der Waals surface area (Å²) < 4.78 is 0. The van der Waals surface area contributed by atoms with Crippen LogP contribution in [0.15, 0.2) is 0 Å². The molecule has 94 valence electrons. The molecule has 1 aliphatic carbocycles. The van der Waals surface area contributed by atoms with Crippen LogP contribution in [-0.2, 0) is 4.84 Å². The number of urea groups is 1. The molecular formula is C11H22N2O3. The SMILES string of the molecule is CC(CCO)CNC(=O)NOC1CCCC1. The molecule has 0 aliphatic heterocycles. The van der Waals surface area contributed by atoms with E-state index in [1.54, 1.807) is 0 Å². The average molecular weight is 230 g/mol. The largest absolute Gasteiger partial charge is 0.396 e. The van der Waals surface area contributed by atoms with E-state index in [0.29, 0.717) is 13.0 Å². The van der Waals surface area contributed by atoms with Gasteiger partial charge in [-0.3, -0.25) is 4.84 Å². The van der Waals surface area contributed by atoms with Gasteiger partial charge in [0.15, 0.2) is 0 Å². The molecule has 0 saturated heterocycles. The third kappa shape index (κ3) is 5.32. The van der Waals surface area contributed by atoms with Crippen LogP contribution in [0.2, 0.25) is 0 Å². The van der Waals surface area contributed by atoms with Crippen molar-refractivity contribution in [1.29, 1.82) is 0 Å². The zero-order valence-electron chi connectivity index (χ0n) is 9.87. The monoisotopic (exact) mass is 230 g/mol. The number of carbonyl (C=O) groups is 1. The Kier molecular flexibility index (Phi) is 6.18. The van der Waals surface area contributed by atoms with Crippen molar-refractivity contribution >= 4 is 6.03 Å². The summed E-state index contributed by atoms with van der Waals surface area (Å²) in [6.07, 6.45) is 5.30. The zero-order valence-corrected chi connectivity index (χ0v) is 9.87. The number of hydroxylamine groups is 1. The summed E-state index contributed by atoms with van der Waals surface area (Å²) in [5.74, 6) is 0.280. The van der Waals surface area contributed by atoms with Gasteiger partial charge in [-0.25, -0.2) is 10.3 Å². The van der Waals surface area contributed by atoms with Crippen LogP contribution >= 0.6 is 0 Å². The second kappa shape index (κ2) is 7.46. The summed E-state index contributed by atoms with van der Waals surface area (Å²) in [7, 11) is 0. The molecule has 1 aliphatic rings. The van der Waals surface area contributed by atoms with Gasteiger partial charge >= 0.3 is 6.03 Å². The number of aliphatic hydroxyl groups excluding tert-OH is 1. The van der Waals surface area contributed by atoms with Crippen LogP contribution in [0.4, 0.5) is 4.79 Å². The predicted molar refractivity (Wildman–Crippen MR) is 60.7 cm³/mol. The number of rotatable bonds is 6. The molecule has 5 nitrogen and oxygen atoms in total.